The molecule has 0 aromatic heterocycles. The summed E-state index contributed by atoms with van der Waals surface area (Å²) in [5.41, 5.74) is 2.10. The molecule has 8 nitrogen and oxygen atoms in total. The van der Waals surface area contributed by atoms with Crippen molar-refractivity contribution in [3.05, 3.63) is 77.6 Å². The molecule has 4 unspecified atom stereocenters. The predicted octanol–water partition coefficient (Wildman–Crippen LogP) is 9.48. The summed E-state index contributed by atoms with van der Waals surface area (Å²) in [6.07, 6.45) is -3.08. The van der Waals surface area contributed by atoms with Gasteiger partial charge in [0.15, 0.2) is 11.5 Å². The van der Waals surface area contributed by atoms with E-state index in [2.05, 4.69) is 90.7 Å². The van der Waals surface area contributed by atoms with Crippen LogP contribution in [0.4, 0.5) is 0 Å². The van der Waals surface area contributed by atoms with Crippen LogP contribution in [0, 0.1) is 0 Å². The molecular weight excluding hydrogens is 820 g/mol. The first-order valence-corrected chi connectivity index (χ1v) is 16.4. The molecule has 0 aliphatic rings. The largest absolute Gasteiger partial charge is 0.463 e. The van der Waals surface area contributed by atoms with Gasteiger partial charge in [0.1, 0.15) is 0 Å². The molecule has 0 aliphatic carbocycles. The SMILES string of the molecule is C=C(C)C(=O)OC(C)OC(C)Oc1c(Br)cc(C(C)(C)c2cc(Br)c(OC(C)OC(C)OC(=O)C(=C)C)c(Br)c2)cc1Br. The zero-order valence-electron chi connectivity index (χ0n) is 25.3. The number of ether oxygens (including phenoxy) is 6. The fourth-order valence-electron chi connectivity index (χ4n) is 3.72. The number of benzene rings is 2. The molecule has 0 N–H and O–H groups in total. The summed E-state index contributed by atoms with van der Waals surface area (Å²) in [5.74, 6) is -0.00130. The highest BCUT2D eigenvalue weighted by Crippen LogP contribution is 2.44. The molecule has 0 amide bonds. The molecule has 12 heteroatoms. The van der Waals surface area contributed by atoms with Crippen LogP contribution in [0.25, 0.3) is 0 Å². The van der Waals surface area contributed by atoms with Gasteiger partial charge in [-0.05, 0) is 141 Å². The fraction of sp³-hybridized carbons (Fsp3) is 0.419. The lowest BCUT2D eigenvalue weighted by Gasteiger charge is -2.29. The first kappa shape index (κ1) is 37.5. The van der Waals surface area contributed by atoms with E-state index in [1.165, 1.54) is 0 Å². The van der Waals surface area contributed by atoms with Gasteiger partial charge in [-0.15, -0.1) is 0 Å². The highest BCUT2D eigenvalue weighted by atomic mass is 79.9. The van der Waals surface area contributed by atoms with Crippen LogP contribution in [0.5, 0.6) is 11.5 Å². The van der Waals surface area contributed by atoms with Gasteiger partial charge in [-0.1, -0.05) is 27.0 Å². The standard InChI is InChI=1S/C31H36Br4O8/c1-15(2)29(36)42-19(7)38-17(5)40-27-23(32)11-21(12-24(27)33)31(9,10)22-13-25(34)28(26(35)14-22)41-18(6)39-20(8)43-30(37)16(3)4/h11-14,17-20H,1,3H2,2,4-10H3. The normalized spacial score (nSPS) is 14.2. The smallest absolute Gasteiger partial charge is 0.335 e. The molecule has 2 rings (SSSR count). The third-order valence-electron chi connectivity index (χ3n) is 6.02. The number of halogens is 4. The summed E-state index contributed by atoms with van der Waals surface area (Å²) in [6, 6.07) is 7.92. The Morgan fingerprint density at radius 1 is 0.628 bits per heavy atom. The second-order valence-corrected chi connectivity index (χ2v) is 13.7. The van der Waals surface area contributed by atoms with Crippen LogP contribution >= 0.6 is 63.7 Å². The zero-order valence-corrected chi connectivity index (χ0v) is 31.7. The monoisotopic (exact) mass is 852 g/mol. The van der Waals surface area contributed by atoms with Crippen molar-refractivity contribution in [3.63, 3.8) is 0 Å². The number of rotatable bonds is 14. The molecule has 0 radical (unpaired) electrons. The van der Waals surface area contributed by atoms with Crippen molar-refractivity contribution in [2.75, 3.05) is 0 Å². The minimum absolute atomic E-state index is 0.283. The molecule has 0 aliphatic heterocycles. The molecule has 0 saturated carbocycles. The summed E-state index contributed by atoms with van der Waals surface area (Å²) in [4.78, 5) is 23.5. The van der Waals surface area contributed by atoms with E-state index in [4.69, 9.17) is 28.4 Å². The molecule has 0 fully saturated rings. The lowest BCUT2D eigenvalue weighted by atomic mass is 9.78. The van der Waals surface area contributed by atoms with Crippen LogP contribution in [0.1, 0.15) is 66.5 Å². The van der Waals surface area contributed by atoms with Gasteiger partial charge in [-0.3, -0.25) is 0 Å². The fourth-order valence-corrected chi connectivity index (χ4v) is 6.47. The maximum absolute atomic E-state index is 11.8. The van der Waals surface area contributed by atoms with E-state index in [1.54, 1.807) is 41.5 Å². The molecule has 2 aromatic carbocycles. The molecule has 0 bridgehead atoms. The van der Waals surface area contributed by atoms with Crippen LogP contribution in [0.15, 0.2) is 66.5 Å². The second-order valence-electron chi connectivity index (χ2n) is 10.3. The maximum Gasteiger partial charge on any atom is 0.335 e. The Morgan fingerprint density at radius 3 is 1.16 bits per heavy atom. The summed E-state index contributed by atoms with van der Waals surface area (Å²) in [6.45, 7) is 21.1. The average molecular weight is 856 g/mol. The van der Waals surface area contributed by atoms with Gasteiger partial charge >= 0.3 is 11.9 Å². The molecule has 4 atom stereocenters. The number of carbonyl (C=O) groups is 2. The Hall–Kier alpha value is -1.70. The summed E-state index contributed by atoms with van der Waals surface area (Å²) in [7, 11) is 0. The van der Waals surface area contributed by atoms with E-state index < -0.39 is 42.5 Å². The van der Waals surface area contributed by atoms with Crippen molar-refractivity contribution in [1.82, 2.24) is 0 Å². The van der Waals surface area contributed by atoms with Gasteiger partial charge in [0, 0.05) is 16.6 Å². The average Bonchev–Trinajstić information content (AvgIpc) is 2.87. The number of esters is 2. The minimum Gasteiger partial charge on any atom is -0.463 e. The first-order chi connectivity index (χ1) is 19.8. The lowest BCUT2D eigenvalue weighted by Crippen LogP contribution is -2.27. The van der Waals surface area contributed by atoms with Gasteiger partial charge < -0.3 is 28.4 Å². The molecule has 236 valence electrons. The van der Waals surface area contributed by atoms with E-state index in [0.29, 0.717) is 29.4 Å². The van der Waals surface area contributed by atoms with Crippen molar-refractivity contribution in [1.29, 1.82) is 0 Å². The van der Waals surface area contributed by atoms with Gasteiger partial charge in [0.25, 0.3) is 0 Å². The summed E-state index contributed by atoms with van der Waals surface area (Å²) >= 11 is 14.5. The Labute approximate surface area is 287 Å². The van der Waals surface area contributed by atoms with Crippen LogP contribution in [-0.2, 0) is 34.0 Å². The molecule has 0 heterocycles. The number of hydrogen-bond acceptors (Lipinski definition) is 8. The predicted molar refractivity (Wildman–Crippen MR) is 179 cm³/mol. The Balaban J connectivity index is 2.20. The van der Waals surface area contributed by atoms with Crippen molar-refractivity contribution < 1.29 is 38.0 Å². The molecule has 2 aromatic rings. The van der Waals surface area contributed by atoms with Crippen LogP contribution in [0.3, 0.4) is 0 Å². The topological polar surface area (TPSA) is 89.5 Å². The van der Waals surface area contributed by atoms with Gasteiger partial charge in [0.05, 0.1) is 17.9 Å². The molecule has 0 saturated heterocycles. The number of hydrogen-bond donors (Lipinski definition) is 0. The van der Waals surface area contributed by atoms with Crippen molar-refractivity contribution >= 4 is 75.7 Å². The van der Waals surface area contributed by atoms with Gasteiger partial charge in [-0.2, -0.15) is 0 Å². The quantitative estimate of drug-likeness (QED) is 0.106. The van der Waals surface area contributed by atoms with Crippen molar-refractivity contribution in [2.24, 2.45) is 0 Å². The molecular formula is C31H36Br4O8. The van der Waals surface area contributed by atoms with Gasteiger partial charge in [0.2, 0.25) is 25.2 Å². The Kier molecular flexibility index (Phi) is 14.0. The van der Waals surface area contributed by atoms with Crippen LogP contribution in [-0.4, -0.2) is 37.1 Å². The first-order valence-electron chi connectivity index (χ1n) is 13.2. The maximum atomic E-state index is 11.8. The lowest BCUT2D eigenvalue weighted by molar-refractivity contribution is -0.206. The Morgan fingerprint density at radius 2 is 0.907 bits per heavy atom. The third kappa shape index (κ3) is 10.7. The van der Waals surface area contributed by atoms with E-state index in [-0.39, 0.29) is 11.1 Å². The zero-order chi connectivity index (χ0) is 32.8. The van der Waals surface area contributed by atoms with E-state index in [0.717, 1.165) is 11.1 Å². The third-order valence-corrected chi connectivity index (χ3v) is 8.37. The van der Waals surface area contributed by atoms with Gasteiger partial charge in [-0.25, -0.2) is 9.59 Å². The minimum atomic E-state index is -0.823. The van der Waals surface area contributed by atoms with E-state index in [1.807, 2.05) is 24.3 Å². The highest BCUT2D eigenvalue weighted by Gasteiger charge is 2.28. The van der Waals surface area contributed by atoms with Crippen LogP contribution in [0.2, 0.25) is 0 Å². The Bertz CT molecular complexity index is 1230. The highest BCUT2D eigenvalue weighted by molar-refractivity contribution is 9.11. The van der Waals surface area contributed by atoms with E-state index in [9.17, 15) is 9.59 Å². The van der Waals surface area contributed by atoms with E-state index >= 15 is 0 Å². The van der Waals surface area contributed by atoms with Crippen molar-refractivity contribution in [3.8, 4) is 11.5 Å². The number of carbonyl (C=O) groups excluding carboxylic acids is 2. The summed E-state index contributed by atoms with van der Waals surface area (Å²) in [5, 5.41) is 0. The van der Waals surface area contributed by atoms with Crippen molar-refractivity contribution in [2.45, 2.75) is 86.0 Å². The summed E-state index contributed by atoms with van der Waals surface area (Å²) < 4.78 is 36.5. The molecule has 43 heavy (non-hydrogen) atoms. The molecule has 0 spiro atoms. The van der Waals surface area contributed by atoms with Crippen LogP contribution < -0.4 is 9.47 Å². The second kappa shape index (κ2) is 16.0.